The van der Waals surface area contributed by atoms with E-state index < -0.39 is 6.29 Å². The van der Waals surface area contributed by atoms with Gasteiger partial charge in [-0.05, 0) is 49.5 Å². The number of benzene rings is 1. The second-order valence-corrected chi connectivity index (χ2v) is 9.17. The van der Waals surface area contributed by atoms with Crippen LogP contribution in [0.4, 0.5) is 0 Å². The topological polar surface area (TPSA) is 29.5 Å². The molecule has 1 fully saturated rings. The molecule has 2 nitrogen and oxygen atoms in total. The third-order valence-corrected chi connectivity index (χ3v) is 6.00. The van der Waals surface area contributed by atoms with Crippen molar-refractivity contribution in [2.75, 3.05) is 0 Å². The first-order valence-electron chi connectivity index (χ1n) is 9.57. The summed E-state index contributed by atoms with van der Waals surface area (Å²) in [5, 5.41) is 10.7. The van der Waals surface area contributed by atoms with Gasteiger partial charge in [-0.1, -0.05) is 71.2 Å². The van der Waals surface area contributed by atoms with Crippen molar-refractivity contribution < 1.29 is 9.84 Å². The van der Waals surface area contributed by atoms with Crippen molar-refractivity contribution in [3.05, 3.63) is 35.4 Å². The Hall–Kier alpha value is -0.860. The molecular formula is C22H36O2. The van der Waals surface area contributed by atoms with E-state index >= 15 is 0 Å². The zero-order chi connectivity index (χ0) is 18.0. The lowest BCUT2D eigenvalue weighted by Crippen LogP contribution is -2.37. The molecule has 0 amide bonds. The maximum absolute atomic E-state index is 10.7. The van der Waals surface area contributed by atoms with Gasteiger partial charge in [-0.15, -0.1) is 0 Å². The summed E-state index contributed by atoms with van der Waals surface area (Å²) in [6.45, 7) is 13.3. The Labute approximate surface area is 148 Å². The van der Waals surface area contributed by atoms with Crippen molar-refractivity contribution in [2.24, 2.45) is 11.3 Å². The third kappa shape index (κ3) is 4.83. The van der Waals surface area contributed by atoms with Crippen LogP contribution in [0.2, 0.25) is 0 Å². The van der Waals surface area contributed by atoms with Crippen molar-refractivity contribution >= 4 is 0 Å². The van der Waals surface area contributed by atoms with Crippen LogP contribution in [0.1, 0.15) is 97.0 Å². The van der Waals surface area contributed by atoms with Gasteiger partial charge in [-0.3, -0.25) is 0 Å². The number of aliphatic hydroxyl groups excluding tert-OH is 1. The highest BCUT2D eigenvalue weighted by Crippen LogP contribution is 2.38. The number of hydrogen-bond donors (Lipinski definition) is 1. The fraction of sp³-hybridized carbons (Fsp3) is 0.727. The molecular weight excluding hydrogens is 296 g/mol. The highest BCUT2D eigenvalue weighted by atomic mass is 16.6. The van der Waals surface area contributed by atoms with Crippen LogP contribution < -0.4 is 0 Å². The minimum absolute atomic E-state index is 0.200. The van der Waals surface area contributed by atoms with Crippen LogP contribution in [0, 0.1) is 11.3 Å². The highest BCUT2D eigenvalue weighted by Gasteiger charge is 2.34. The summed E-state index contributed by atoms with van der Waals surface area (Å²) in [5.41, 5.74) is 2.04. The average Bonchev–Trinajstić information content (AvgIpc) is 2.54. The van der Waals surface area contributed by atoms with E-state index in [0.29, 0.717) is 11.8 Å². The van der Waals surface area contributed by atoms with Crippen LogP contribution in [0.25, 0.3) is 0 Å². The number of hydrogen-bond acceptors (Lipinski definition) is 2. The second kappa shape index (κ2) is 7.58. The monoisotopic (exact) mass is 332 g/mol. The molecule has 2 rings (SSSR count). The molecule has 0 aromatic heterocycles. The molecule has 1 aromatic carbocycles. The van der Waals surface area contributed by atoms with E-state index in [1.54, 1.807) is 0 Å². The smallest absolute Gasteiger partial charge is 0.181 e. The van der Waals surface area contributed by atoms with Crippen LogP contribution in [-0.4, -0.2) is 10.7 Å². The van der Waals surface area contributed by atoms with E-state index in [-0.39, 0.29) is 11.0 Å². The summed E-state index contributed by atoms with van der Waals surface area (Å²) in [6.07, 6.45) is 5.47. The molecule has 0 heterocycles. The maximum Gasteiger partial charge on any atom is 0.181 e. The van der Waals surface area contributed by atoms with Gasteiger partial charge in [0.05, 0.1) is 5.60 Å². The van der Waals surface area contributed by atoms with Gasteiger partial charge < -0.3 is 9.84 Å². The van der Waals surface area contributed by atoms with Crippen molar-refractivity contribution in [1.82, 2.24) is 0 Å². The minimum Gasteiger partial charge on any atom is -0.364 e. The first-order chi connectivity index (χ1) is 11.1. The van der Waals surface area contributed by atoms with Crippen LogP contribution in [0.5, 0.6) is 0 Å². The quantitative estimate of drug-likeness (QED) is 0.650. The van der Waals surface area contributed by atoms with Gasteiger partial charge in [0, 0.05) is 5.56 Å². The van der Waals surface area contributed by atoms with E-state index in [4.69, 9.17) is 4.74 Å². The SMILES string of the molecule is CC(c1cccc(C(O)OC(C)(C)C2CCCCC2)c1)C(C)(C)C. The molecule has 0 radical (unpaired) electrons. The average molecular weight is 333 g/mol. The van der Waals surface area contributed by atoms with Crippen LogP contribution in [0.15, 0.2) is 24.3 Å². The van der Waals surface area contributed by atoms with Crippen LogP contribution in [-0.2, 0) is 4.74 Å². The molecule has 1 N–H and O–H groups in total. The molecule has 0 bridgehead atoms. The van der Waals surface area contributed by atoms with E-state index in [1.807, 2.05) is 12.1 Å². The van der Waals surface area contributed by atoms with E-state index in [2.05, 4.69) is 53.7 Å². The summed E-state index contributed by atoms with van der Waals surface area (Å²) in [6, 6.07) is 8.27. The van der Waals surface area contributed by atoms with E-state index in [0.717, 1.165) is 5.56 Å². The van der Waals surface area contributed by atoms with Gasteiger partial charge >= 0.3 is 0 Å². The molecule has 0 spiro atoms. The first-order valence-corrected chi connectivity index (χ1v) is 9.57. The second-order valence-electron chi connectivity index (χ2n) is 9.17. The number of ether oxygens (including phenoxy) is 1. The van der Waals surface area contributed by atoms with Gasteiger partial charge in [0.25, 0.3) is 0 Å². The molecule has 1 aliphatic rings. The lowest BCUT2D eigenvalue weighted by molar-refractivity contribution is -0.199. The molecule has 0 saturated heterocycles. The molecule has 2 unspecified atom stereocenters. The Balaban J connectivity index is 2.10. The summed E-state index contributed by atoms with van der Waals surface area (Å²) in [7, 11) is 0. The Bertz CT molecular complexity index is 521. The highest BCUT2D eigenvalue weighted by molar-refractivity contribution is 5.28. The van der Waals surface area contributed by atoms with Gasteiger partial charge in [0.15, 0.2) is 6.29 Å². The Kier molecular flexibility index (Phi) is 6.14. The Morgan fingerprint density at radius 3 is 2.17 bits per heavy atom. The number of aliphatic hydroxyl groups is 1. The third-order valence-electron chi connectivity index (χ3n) is 6.00. The molecule has 1 aromatic rings. The zero-order valence-corrected chi connectivity index (χ0v) is 16.4. The van der Waals surface area contributed by atoms with Gasteiger partial charge in [-0.2, -0.15) is 0 Å². The van der Waals surface area contributed by atoms with Crippen molar-refractivity contribution in [2.45, 2.75) is 91.5 Å². The molecule has 0 aliphatic heterocycles. The normalized spacial score (nSPS) is 20.0. The first kappa shape index (κ1) is 19.5. The van der Waals surface area contributed by atoms with Crippen molar-refractivity contribution in [3.63, 3.8) is 0 Å². The van der Waals surface area contributed by atoms with E-state index in [1.165, 1.54) is 37.7 Å². The summed E-state index contributed by atoms with van der Waals surface area (Å²) >= 11 is 0. The predicted molar refractivity (Wildman–Crippen MR) is 101 cm³/mol. The lowest BCUT2D eigenvalue weighted by Gasteiger charge is -2.38. The molecule has 1 saturated carbocycles. The molecule has 1 aliphatic carbocycles. The van der Waals surface area contributed by atoms with Crippen LogP contribution in [0.3, 0.4) is 0 Å². The number of rotatable bonds is 5. The molecule has 136 valence electrons. The van der Waals surface area contributed by atoms with Gasteiger partial charge in [0.2, 0.25) is 0 Å². The minimum atomic E-state index is -0.853. The van der Waals surface area contributed by atoms with Crippen molar-refractivity contribution in [3.8, 4) is 0 Å². The molecule has 2 atom stereocenters. The largest absolute Gasteiger partial charge is 0.364 e. The molecule has 24 heavy (non-hydrogen) atoms. The maximum atomic E-state index is 10.7. The summed E-state index contributed by atoms with van der Waals surface area (Å²) in [4.78, 5) is 0. The Morgan fingerprint density at radius 2 is 1.58 bits per heavy atom. The lowest BCUT2D eigenvalue weighted by atomic mass is 9.77. The Morgan fingerprint density at radius 1 is 1.00 bits per heavy atom. The summed E-state index contributed by atoms with van der Waals surface area (Å²) < 4.78 is 6.14. The molecule has 2 heteroatoms. The zero-order valence-electron chi connectivity index (χ0n) is 16.4. The van der Waals surface area contributed by atoms with E-state index in [9.17, 15) is 5.11 Å². The van der Waals surface area contributed by atoms with Crippen molar-refractivity contribution in [1.29, 1.82) is 0 Å². The van der Waals surface area contributed by atoms with Gasteiger partial charge in [-0.25, -0.2) is 0 Å². The van der Waals surface area contributed by atoms with Crippen LogP contribution >= 0.6 is 0 Å². The summed E-state index contributed by atoms with van der Waals surface area (Å²) in [5.74, 6) is 0.966. The van der Waals surface area contributed by atoms with Gasteiger partial charge in [0.1, 0.15) is 0 Å². The fourth-order valence-electron chi connectivity index (χ4n) is 3.73. The predicted octanol–water partition coefficient (Wildman–Crippen LogP) is 6.20. The standard InChI is InChI=1S/C22H36O2/c1-16(21(2,3)4)17-11-10-12-18(15-17)20(23)24-22(5,6)19-13-8-7-9-14-19/h10-12,15-16,19-20,23H,7-9,13-14H2,1-6H3. The fourth-order valence-corrected chi connectivity index (χ4v) is 3.73.